The zero-order valence-electron chi connectivity index (χ0n) is 21.4. The van der Waals surface area contributed by atoms with Gasteiger partial charge in [0.15, 0.2) is 5.76 Å². The van der Waals surface area contributed by atoms with Gasteiger partial charge in [-0.05, 0) is 72.5 Å². The van der Waals surface area contributed by atoms with Gasteiger partial charge < -0.3 is 25.5 Å². The van der Waals surface area contributed by atoms with E-state index < -0.39 is 0 Å². The third kappa shape index (κ3) is 6.45. The summed E-state index contributed by atoms with van der Waals surface area (Å²) in [5.74, 6) is 0.301. The van der Waals surface area contributed by atoms with Crippen molar-refractivity contribution in [2.45, 2.75) is 12.8 Å². The van der Waals surface area contributed by atoms with Crippen molar-refractivity contribution in [2.24, 2.45) is 0 Å². The van der Waals surface area contributed by atoms with Crippen LogP contribution >= 0.6 is 0 Å². The van der Waals surface area contributed by atoms with Crippen LogP contribution in [0.2, 0.25) is 0 Å². The van der Waals surface area contributed by atoms with Crippen LogP contribution in [-0.4, -0.2) is 25.0 Å². The molecule has 0 atom stereocenters. The minimum atomic E-state index is -0.295. The number of anilines is 2. The topological polar surface area (TPSA) is 107 Å². The van der Waals surface area contributed by atoms with E-state index in [4.69, 9.17) is 14.9 Å². The fourth-order valence-electron chi connectivity index (χ4n) is 4.30. The van der Waals surface area contributed by atoms with E-state index in [9.17, 15) is 9.59 Å². The Kier molecular flexibility index (Phi) is 7.88. The molecule has 196 valence electrons. The number of ether oxygens (including phenoxy) is 1. The third-order valence-corrected chi connectivity index (χ3v) is 6.38. The Hall–Kier alpha value is -5.04. The van der Waals surface area contributed by atoms with Crippen LogP contribution in [0.15, 0.2) is 108 Å². The van der Waals surface area contributed by atoms with Gasteiger partial charge in [0.05, 0.1) is 17.9 Å². The summed E-state index contributed by atoms with van der Waals surface area (Å²) in [4.78, 5) is 25.2. The largest absolute Gasteiger partial charge is 0.492 e. The highest BCUT2D eigenvalue weighted by Crippen LogP contribution is 2.25. The van der Waals surface area contributed by atoms with Gasteiger partial charge >= 0.3 is 0 Å². The zero-order valence-corrected chi connectivity index (χ0v) is 21.4. The van der Waals surface area contributed by atoms with Crippen molar-refractivity contribution in [3.63, 3.8) is 0 Å². The van der Waals surface area contributed by atoms with Crippen LogP contribution in [0.5, 0.6) is 5.75 Å². The maximum absolute atomic E-state index is 12.7. The lowest BCUT2D eigenvalue weighted by Gasteiger charge is -2.09. The van der Waals surface area contributed by atoms with Crippen LogP contribution in [0.4, 0.5) is 11.4 Å². The summed E-state index contributed by atoms with van der Waals surface area (Å²) in [6.45, 7) is 0.562. The number of hydrogen-bond donors (Lipinski definition) is 3. The first-order valence-electron chi connectivity index (χ1n) is 12.8. The number of aryl methyl sites for hydroxylation is 2. The molecule has 0 saturated carbocycles. The predicted molar refractivity (Wildman–Crippen MR) is 153 cm³/mol. The summed E-state index contributed by atoms with van der Waals surface area (Å²) in [6.07, 6.45) is 1.77. The summed E-state index contributed by atoms with van der Waals surface area (Å²) in [6, 6.07) is 31.9. The molecule has 39 heavy (non-hydrogen) atoms. The van der Waals surface area contributed by atoms with Gasteiger partial charge in [-0.2, -0.15) is 0 Å². The van der Waals surface area contributed by atoms with Crippen LogP contribution in [0.1, 0.15) is 32.0 Å². The SMILES string of the molecule is Nc1ccccc1NC(=O)c1ccc(OCCNC(=O)c2cc3c(CCc4ccccc4)cccc3o2)cc1. The Labute approximate surface area is 226 Å². The molecule has 4 aromatic carbocycles. The molecule has 0 aliphatic rings. The number of furan rings is 1. The van der Waals surface area contributed by atoms with Crippen LogP contribution in [0, 0.1) is 0 Å². The Balaban J connectivity index is 1.11. The van der Waals surface area contributed by atoms with Crippen molar-refractivity contribution in [3.05, 3.63) is 126 Å². The average molecular weight is 520 g/mol. The van der Waals surface area contributed by atoms with Crippen molar-refractivity contribution in [1.29, 1.82) is 0 Å². The molecule has 0 spiro atoms. The van der Waals surface area contributed by atoms with E-state index in [2.05, 4.69) is 28.8 Å². The molecule has 7 heteroatoms. The molecule has 5 aromatic rings. The molecule has 7 nitrogen and oxygen atoms in total. The number of para-hydroxylation sites is 2. The number of amides is 2. The number of nitrogen functional groups attached to an aromatic ring is 1. The van der Waals surface area contributed by atoms with Crippen molar-refractivity contribution >= 4 is 34.2 Å². The first kappa shape index (κ1) is 25.6. The lowest BCUT2D eigenvalue weighted by atomic mass is 10.0. The van der Waals surface area contributed by atoms with Gasteiger partial charge in [0.1, 0.15) is 17.9 Å². The molecule has 0 saturated heterocycles. The normalized spacial score (nSPS) is 10.8. The minimum Gasteiger partial charge on any atom is -0.492 e. The summed E-state index contributed by atoms with van der Waals surface area (Å²) < 4.78 is 11.5. The van der Waals surface area contributed by atoms with Gasteiger partial charge in [-0.15, -0.1) is 0 Å². The van der Waals surface area contributed by atoms with Crippen LogP contribution < -0.4 is 21.1 Å². The maximum atomic E-state index is 12.7. The highest BCUT2D eigenvalue weighted by atomic mass is 16.5. The lowest BCUT2D eigenvalue weighted by Crippen LogP contribution is -2.27. The molecule has 0 unspecified atom stereocenters. The summed E-state index contributed by atoms with van der Waals surface area (Å²) in [5.41, 5.74) is 10.5. The number of benzene rings is 4. The molecule has 0 aliphatic carbocycles. The molecule has 0 aliphatic heterocycles. The van der Waals surface area contributed by atoms with E-state index in [0.717, 1.165) is 23.8 Å². The molecule has 5 rings (SSSR count). The first-order chi connectivity index (χ1) is 19.1. The van der Waals surface area contributed by atoms with E-state index in [-0.39, 0.29) is 24.2 Å². The van der Waals surface area contributed by atoms with E-state index in [1.54, 1.807) is 54.6 Å². The Morgan fingerprint density at radius 1 is 0.795 bits per heavy atom. The van der Waals surface area contributed by atoms with E-state index in [0.29, 0.717) is 34.8 Å². The molecule has 0 bridgehead atoms. The maximum Gasteiger partial charge on any atom is 0.287 e. The van der Waals surface area contributed by atoms with Gasteiger partial charge in [0.2, 0.25) is 0 Å². The fourth-order valence-corrected chi connectivity index (χ4v) is 4.30. The molecule has 1 heterocycles. The predicted octanol–water partition coefficient (Wildman–Crippen LogP) is 5.86. The fraction of sp³-hybridized carbons (Fsp3) is 0.125. The Bertz CT molecular complexity index is 1580. The van der Waals surface area contributed by atoms with Crippen molar-refractivity contribution in [1.82, 2.24) is 5.32 Å². The lowest BCUT2D eigenvalue weighted by molar-refractivity contribution is 0.0920. The van der Waals surface area contributed by atoms with Crippen molar-refractivity contribution in [2.75, 3.05) is 24.2 Å². The van der Waals surface area contributed by atoms with Crippen LogP contribution in [-0.2, 0) is 12.8 Å². The molecular formula is C32H29N3O4. The molecular weight excluding hydrogens is 490 g/mol. The van der Waals surface area contributed by atoms with E-state index in [1.165, 1.54) is 5.56 Å². The third-order valence-electron chi connectivity index (χ3n) is 6.38. The van der Waals surface area contributed by atoms with Crippen molar-refractivity contribution < 1.29 is 18.7 Å². The molecule has 2 amide bonds. The number of rotatable bonds is 10. The van der Waals surface area contributed by atoms with Crippen LogP contribution in [0.25, 0.3) is 11.0 Å². The molecule has 0 fully saturated rings. The van der Waals surface area contributed by atoms with Gasteiger partial charge in [-0.25, -0.2) is 0 Å². The summed E-state index contributed by atoms with van der Waals surface area (Å²) in [5, 5.41) is 6.58. The smallest absolute Gasteiger partial charge is 0.287 e. The quantitative estimate of drug-likeness (QED) is 0.158. The number of nitrogens with two attached hydrogens (primary N) is 1. The number of carbonyl (C=O) groups excluding carboxylic acids is 2. The Morgan fingerprint density at radius 2 is 1.56 bits per heavy atom. The highest BCUT2D eigenvalue weighted by Gasteiger charge is 2.14. The number of fused-ring (bicyclic) bond motifs is 1. The minimum absolute atomic E-state index is 0.263. The standard InChI is InChI=1S/C32H29N3O4/c33-27-10-4-5-11-28(27)35-31(36)24-15-17-25(18-16-24)38-20-19-34-32(37)30-21-26-23(9-6-12-29(26)39-30)14-13-22-7-2-1-3-8-22/h1-12,15-18,21H,13-14,19-20,33H2,(H,34,37)(H,35,36). The number of carbonyl (C=O) groups is 2. The van der Waals surface area contributed by atoms with Gasteiger partial charge in [0, 0.05) is 10.9 Å². The summed E-state index contributed by atoms with van der Waals surface area (Å²) in [7, 11) is 0. The second-order valence-electron chi connectivity index (χ2n) is 9.10. The molecule has 4 N–H and O–H groups in total. The molecule has 0 radical (unpaired) electrons. The monoisotopic (exact) mass is 519 g/mol. The van der Waals surface area contributed by atoms with Crippen LogP contribution in [0.3, 0.4) is 0 Å². The highest BCUT2D eigenvalue weighted by molar-refractivity contribution is 6.05. The van der Waals surface area contributed by atoms with Gasteiger partial charge in [-0.1, -0.05) is 54.6 Å². The first-order valence-corrected chi connectivity index (χ1v) is 12.8. The second-order valence-corrected chi connectivity index (χ2v) is 9.10. The van der Waals surface area contributed by atoms with Gasteiger partial charge in [0.25, 0.3) is 11.8 Å². The number of nitrogens with one attached hydrogen (secondary N) is 2. The molecule has 1 aromatic heterocycles. The Morgan fingerprint density at radius 3 is 2.36 bits per heavy atom. The summed E-state index contributed by atoms with van der Waals surface area (Å²) >= 11 is 0. The van der Waals surface area contributed by atoms with Gasteiger partial charge in [-0.3, -0.25) is 9.59 Å². The van der Waals surface area contributed by atoms with Crippen molar-refractivity contribution in [3.8, 4) is 5.75 Å². The average Bonchev–Trinajstić information content (AvgIpc) is 3.41. The zero-order chi connectivity index (χ0) is 27.0. The van der Waals surface area contributed by atoms with E-state index in [1.807, 2.05) is 30.3 Å². The second kappa shape index (κ2) is 12.0. The number of hydrogen-bond acceptors (Lipinski definition) is 5. The van der Waals surface area contributed by atoms with E-state index >= 15 is 0 Å².